The van der Waals surface area contributed by atoms with Gasteiger partial charge in [0.05, 0.1) is 29.8 Å². The van der Waals surface area contributed by atoms with Crippen LogP contribution in [0.15, 0.2) is 48.9 Å². The number of nitrogens with zero attached hydrogens (tertiary/aromatic N) is 2. The molecule has 27 heavy (non-hydrogen) atoms. The predicted octanol–water partition coefficient (Wildman–Crippen LogP) is 6.12. The van der Waals surface area contributed by atoms with Gasteiger partial charge in [-0.25, -0.2) is 4.98 Å². The first-order chi connectivity index (χ1) is 13.0. The first kappa shape index (κ1) is 18.5. The van der Waals surface area contributed by atoms with Crippen molar-refractivity contribution in [2.24, 2.45) is 5.92 Å². The number of benzene rings is 1. The Kier molecular flexibility index (Phi) is 5.25. The molecule has 2 heterocycles. The number of hydrogen-bond acceptors (Lipinski definition) is 2. The lowest BCUT2D eigenvalue weighted by Gasteiger charge is -2.33. The van der Waals surface area contributed by atoms with Gasteiger partial charge in [-0.05, 0) is 72.8 Å². The SMILES string of the molecule is CC(C)c1ccc2cncn2c1[C@@H](O)[C@H]1CC[C@H](c2ccc(Cl)cc2)CC1. The van der Waals surface area contributed by atoms with Gasteiger partial charge in [-0.1, -0.05) is 43.6 Å². The van der Waals surface area contributed by atoms with Crippen LogP contribution in [0.5, 0.6) is 0 Å². The molecule has 4 rings (SSSR count). The van der Waals surface area contributed by atoms with Crippen LogP contribution < -0.4 is 0 Å². The first-order valence-corrected chi connectivity index (χ1v) is 10.3. The number of aliphatic hydroxyl groups is 1. The molecule has 3 nitrogen and oxygen atoms in total. The Bertz CT molecular complexity index is 908. The third kappa shape index (κ3) is 3.63. The topological polar surface area (TPSA) is 37.5 Å². The predicted molar refractivity (Wildman–Crippen MR) is 110 cm³/mol. The molecule has 0 aliphatic heterocycles. The highest BCUT2D eigenvalue weighted by molar-refractivity contribution is 6.30. The summed E-state index contributed by atoms with van der Waals surface area (Å²) in [7, 11) is 0. The average Bonchev–Trinajstić information content (AvgIpc) is 3.16. The molecule has 0 radical (unpaired) electrons. The molecule has 0 spiro atoms. The van der Waals surface area contributed by atoms with E-state index in [4.69, 9.17) is 11.6 Å². The highest BCUT2D eigenvalue weighted by Gasteiger charge is 2.31. The van der Waals surface area contributed by atoms with Crippen molar-refractivity contribution in [3.8, 4) is 0 Å². The Hall–Kier alpha value is -1.84. The number of aromatic nitrogens is 2. The molecule has 142 valence electrons. The maximum absolute atomic E-state index is 11.3. The normalized spacial score (nSPS) is 21.7. The van der Waals surface area contributed by atoms with E-state index in [1.54, 1.807) is 0 Å². The summed E-state index contributed by atoms with van der Waals surface area (Å²) in [5.41, 5.74) is 4.65. The van der Waals surface area contributed by atoms with Gasteiger partial charge in [-0.2, -0.15) is 0 Å². The average molecular weight is 383 g/mol. The molecule has 1 aromatic carbocycles. The lowest BCUT2D eigenvalue weighted by molar-refractivity contribution is 0.0752. The van der Waals surface area contributed by atoms with Crippen LogP contribution >= 0.6 is 11.6 Å². The van der Waals surface area contributed by atoms with E-state index in [0.717, 1.165) is 41.9 Å². The van der Waals surface area contributed by atoms with Crippen LogP contribution in [0.1, 0.15) is 74.3 Å². The fourth-order valence-corrected chi connectivity index (χ4v) is 4.68. The molecule has 2 aromatic heterocycles. The first-order valence-electron chi connectivity index (χ1n) is 9.93. The molecule has 0 saturated heterocycles. The number of pyridine rings is 1. The van der Waals surface area contributed by atoms with Crippen LogP contribution in [0.25, 0.3) is 5.52 Å². The van der Waals surface area contributed by atoms with Crippen molar-refractivity contribution in [2.45, 2.75) is 57.5 Å². The van der Waals surface area contributed by atoms with Crippen molar-refractivity contribution in [1.29, 1.82) is 0 Å². The Balaban J connectivity index is 1.55. The summed E-state index contributed by atoms with van der Waals surface area (Å²) >= 11 is 6.02. The largest absolute Gasteiger partial charge is 0.387 e. The summed E-state index contributed by atoms with van der Waals surface area (Å²) in [5, 5.41) is 12.1. The third-order valence-corrected chi connectivity index (χ3v) is 6.37. The number of rotatable bonds is 4. The van der Waals surface area contributed by atoms with Gasteiger partial charge in [0.2, 0.25) is 0 Å². The highest BCUT2D eigenvalue weighted by Crippen LogP contribution is 2.42. The van der Waals surface area contributed by atoms with Crippen molar-refractivity contribution in [3.63, 3.8) is 0 Å². The molecule has 4 heteroatoms. The smallest absolute Gasteiger partial charge is 0.0995 e. The quantitative estimate of drug-likeness (QED) is 0.590. The van der Waals surface area contributed by atoms with E-state index in [2.05, 4.69) is 47.5 Å². The second-order valence-electron chi connectivity index (χ2n) is 8.13. The molecule has 1 N–H and O–H groups in total. The Morgan fingerprint density at radius 1 is 1.04 bits per heavy atom. The molecule has 1 fully saturated rings. The van der Waals surface area contributed by atoms with Crippen molar-refractivity contribution in [3.05, 3.63) is 70.8 Å². The summed E-state index contributed by atoms with van der Waals surface area (Å²) in [6, 6.07) is 12.5. The molecular formula is C23H27ClN2O. The summed E-state index contributed by atoms with van der Waals surface area (Å²) in [4.78, 5) is 4.29. The molecule has 1 aliphatic rings. The Morgan fingerprint density at radius 3 is 2.41 bits per heavy atom. The maximum atomic E-state index is 11.3. The molecule has 3 aromatic rings. The van der Waals surface area contributed by atoms with Gasteiger partial charge >= 0.3 is 0 Å². The van der Waals surface area contributed by atoms with Crippen molar-refractivity contribution >= 4 is 17.1 Å². The fourth-order valence-electron chi connectivity index (χ4n) is 4.56. The van der Waals surface area contributed by atoms with Crippen LogP contribution in [0, 0.1) is 5.92 Å². The Morgan fingerprint density at radius 2 is 1.74 bits per heavy atom. The van der Waals surface area contributed by atoms with Crippen LogP contribution in [-0.2, 0) is 0 Å². The van der Waals surface area contributed by atoms with E-state index in [0.29, 0.717) is 17.8 Å². The van der Waals surface area contributed by atoms with Crippen LogP contribution in [-0.4, -0.2) is 14.5 Å². The molecular weight excluding hydrogens is 356 g/mol. The van der Waals surface area contributed by atoms with Gasteiger partial charge in [0, 0.05) is 5.02 Å². The van der Waals surface area contributed by atoms with Crippen LogP contribution in [0.3, 0.4) is 0 Å². The maximum Gasteiger partial charge on any atom is 0.0995 e. The monoisotopic (exact) mass is 382 g/mol. The Labute approximate surface area is 166 Å². The zero-order valence-electron chi connectivity index (χ0n) is 16.0. The standard InChI is InChI=1S/C23H27ClN2O/c1-15(2)21-12-11-20-13-25-14-26(20)22(21)23(27)18-5-3-16(4-6-18)17-7-9-19(24)10-8-17/h7-16,18,23,27H,3-6H2,1-2H3/t16-,18-,23-/m0/s1. The zero-order chi connectivity index (χ0) is 19.0. The van der Waals surface area contributed by atoms with Gasteiger partial charge in [0.25, 0.3) is 0 Å². The minimum atomic E-state index is -0.452. The number of hydrogen-bond donors (Lipinski definition) is 1. The molecule has 0 unspecified atom stereocenters. The lowest BCUT2D eigenvalue weighted by atomic mass is 9.75. The number of aliphatic hydroxyl groups excluding tert-OH is 1. The van der Waals surface area contributed by atoms with Crippen molar-refractivity contribution < 1.29 is 5.11 Å². The minimum Gasteiger partial charge on any atom is -0.387 e. The van der Waals surface area contributed by atoms with Gasteiger partial charge < -0.3 is 9.51 Å². The molecule has 0 amide bonds. The highest BCUT2D eigenvalue weighted by atomic mass is 35.5. The van der Waals surface area contributed by atoms with E-state index in [1.165, 1.54) is 11.1 Å². The van der Waals surface area contributed by atoms with Crippen molar-refractivity contribution in [1.82, 2.24) is 9.38 Å². The second kappa shape index (κ2) is 7.65. The van der Waals surface area contributed by atoms with Gasteiger partial charge in [0.1, 0.15) is 0 Å². The molecule has 0 bridgehead atoms. The van der Waals surface area contributed by atoms with E-state index in [1.807, 2.05) is 24.7 Å². The lowest BCUT2D eigenvalue weighted by Crippen LogP contribution is -2.22. The molecule has 1 saturated carbocycles. The van der Waals surface area contributed by atoms with E-state index >= 15 is 0 Å². The van der Waals surface area contributed by atoms with E-state index < -0.39 is 6.10 Å². The number of imidazole rings is 1. The summed E-state index contributed by atoms with van der Waals surface area (Å²) in [6.07, 6.45) is 7.54. The van der Waals surface area contributed by atoms with Gasteiger partial charge in [-0.15, -0.1) is 0 Å². The van der Waals surface area contributed by atoms with E-state index in [9.17, 15) is 5.11 Å². The summed E-state index contributed by atoms with van der Waals surface area (Å²) < 4.78 is 2.07. The van der Waals surface area contributed by atoms with Crippen molar-refractivity contribution in [2.75, 3.05) is 0 Å². The summed E-state index contributed by atoms with van der Waals surface area (Å²) in [6.45, 7) is 4.37. The number of fused-ring (bicyclic) bond motifs is 1. The van der Waals surface area contributed by atoms with E-state index in [-0.39, 0.29) is 0 Å². The fraction of sp³-hybridized carbons (Fsp3) is 0.435. The number of halogens is 1. The second-order valence-corrected chi connectivity index (χ2v) is 8.56. The van der Waals surface area contributed by atoms with Crippen LogP contribution in [0.4, 0.5) is 0 Å². The van der Waals surface area contributed by atoms with Gasteiger partial charge in [-0.3, -0.25) is 0 Å². The minimum absolute atomic E-state index is 0.291. The third-order valence-electron chi connectivity index (χ3n) is 6.12. The zero-order valence-corrected chi connectivity index (χ0v) is 16.7. The van der Waals surface area contributed by atoms with Crippen LogP contribution in [0.2, 0.25) is 5.02 Å². The summed E-state index contributed by atoms with van der Waals surface area (Å²) in [5.74, 6) is 1.23. The van der Waals surface area contributed by atoms with Gasteiger partial charge in [0.15, 0.2) is 0 Å². The molecule has 1 atom stereocenters. The molecule has 1 aliphatic carbocycles.